The Bertz CT molecular complexity index is 562. The van der Waals surface area contributed by atoms with Crippen molar-refractivity contribution < 1.29 is 19.0 Å². The number of halogens is 2. The van der Waals surface area contributed by atoms with Crippen LogP contribution in [0.3, 0.4) is 0 Å². The van der Waals surface area contributed by atoms with Crippen LogP contribution in [0.5, 0.6) is 0 Å². The molecule has 122 valence electrons. The van der Waals surface area contributed by atoms with Gasteiger partial charge >= 0.3 is 0 Å². The van der Waals surface area contributed by atoms with Crippen molar-refractivity contribution in [3.05, 3.63) is 16.8 Å². The van der Waals surface area contributed by atoms with Gasteiger partial charge in [-0.15, -0.1) is 5.10 Å². The van der Waals surface area contributed by atoms with Gasteiger partial charge in [-0.3, -0.25) is 0 Å². The lowest BCUT2D eigenvalue weighted by Gasteiger charge is -2.26. The van der Waals surface area contributed by atoms with Gasteiger partial charge in [0.25, 0.3) is 0 Å². The maximum absolute atomic E-state index is 13.5. The van der Waals surface area contributed by atoms with Gasteiger partial charge in [-0.25, -0.2) is 8.78 Å². The van der Waals surface area contributed by atoms with Gasteiger partial charge in [-0.2, -0.15) is 5.10 Å². The summed E-state index contributed by atoms with van der Waals surface area (Å²) >= 11 is 0. The highest BCUT2D eigenvalue weighted by Gasteiger charge is 2.35. The molecule has 22 heavy (non-hydrogen) atoms. The van der Waals surface area contributed by atoms with Gasteiger partial charge in [-0.05, 0) is 31.7 Å². The van der Waals surface area contributed by atoms with Crippen LogP contribution in [0.2, 0.25) is 0 Å². The Morgan fingerprint density at radius 1 is 1.18 bits per heavy atom. The number of nitrogens with zero attached hydrogens (tertiary/aromatic N) is 3. The molecule has 7 heteroatoms. The molecule has 1 aromatic rings. The highest BCUT2D eigenvalue weighted by Crippen LogP contribution is 2.42. The van der Waals surface area contributed by atoms with E-state index in [4.69, 9.17) is 0 Å². The molecule has 2 heterocycles. The number of anilines is 1. The van der Waals surface area contributed by atoms with Crippen LogP contribution in [0.1, 0.15) is 61.1 Å². The third-order valence-electron chi connectivity index (χ3n) is 4.52. The van der Waals surface area contributed by atoms with Crippen molar-refractivity contribution >= 4 is 5.82 Å². The van der Waals surface area contributed by atoms with Crippen LogP contribution >= 0.6 is 0 Å². The molecule has 1 aliphatic carbocycles. The third-order valence-corrected chi connectivity index (χ3v) is 4.52. The summed E-state index contributed by atoms with van der Waals surface area (Å²) in [4.78, 5) is 1.70. The number of aromatic nitrogens is 2. The van der Waals surface area contributed by atoms with Crippen molar-refractivity contribution in [3.8, 4) is 0 Å². The summed E-state index contributed by atoms with van der Waals surface area (Å²) in [6, 6.07) is 0. The summed E-state index contributed by atoms with van der Waals surface area (Å²) in [7, 11) is 0. The van der Waals surface area contributed by atoms with Crippen LogP contribution in [0.4, 0.5) is 14.6 Å². The first-order valence-electron chi connectivity index (χ1n) is 7.75. The fourth-order valence-corrected chi connectivity index (χ4v) is 3.10. The molecule has 5 nitrogen and oxygen atoms in total. The zero-order valence-electron chi connectivity index (χ0n) is 12.6. The average Bonchev–Trinajstić information content (AvgIpc) is 3.26. The van der Waals surface area contributed by atoms with E-state index in [1.54, 1.807) is 11.8 Å². The Labute approximate surface area is 128 Å². The van der Waals surface area contributed by atoms with E-state index in [2.05, 4.69) is 10.2 Å². The normalized spacial score (nSPS) is 22.0. The molecule has 0 amide bonds. The molecular weight excluding hydrogens is 292 g/mol. The maximum atomic E-state index is 13.5. The first-order valence-corrected chi connectivity index (χ1v) is 7.75. The van der Waals surface area contributed by atoms with Crippen molar-refractivity contribution in [2.75, 3.05) is 18.0 Å². The number of alkyl halides is 2. The van der Waals surface area contributed by atoms with Gasteiger partial charge in [0.15, 0.2) is 12.1 Å². The van der Waals surface area contributed by atoms with Crippen molar-refractivity contribution in [1.29, 1.82) is 0 Å². The molecule has 0 radical (unpaired) electrons. The summed E-state index contributed by atoms with van der Waals surface area (Å²) < 4.78 is 27.0. The molecule has 1 saturated carbocycles. The lowest BCUT2D eigenvalue weighted by molar-refractivity contribution is -0.0429. The van der Waals surface area contributed by atoms with E-state index in [-0.39, 0.29) is 19.4 Å². The molecule has 1 aromatic heterocycles. The minimum absolute atomic E-state index is 0.142. The highest BCUT2D eigenvalue weighted by molar-refractivity contribution is 5.52. The number of aliphatic hydroxyl groups excluding tert-OH is 1. The van der Waals surface area contributed by atoms with Crippen LogP contribution in [-0.2, 0) is 0 Å². The third kappa shape index (κ3) is 3.05. The standard InChI is InChI=1S/C15H21F2N3O2/c1-9-11(14(21)22)13(19-18-12(9)10-3-4-10)20-7-2-5-15(16,17)6-8-20/h10,14,21-22H,2-8H2,1H3. The van der Waals surface area contributed by atoms with Crippen molar-refractivity contribution in [3.63, 3.8) is 0 Å². The van der Waals surface area contributed by atoms with Crippen molar-refractivity contribution in [2.45, 2.75) is 57.2 Å². The second kappa shape index (κ2) is 5.70. The van der Waals surface area contributed by atoms with Gasteiger partial charge in [0.1, 0.15) is 0 Å². The highest BCUT2D eigenvalue weighted by atomic mass is 19.3. The lowest BCUT2D eigenvalue weighted by Crippen LogP contribution is -2.29. The summed E-state index contributed by atoms with van der Waals surface area (Å²) in [5.74, 6) is -1.99. The molecule has 0 bridgehead atoms. The SMILES string of the molecule is Cc1c(C2CC2)nnc(N2CCCC(F)(F)CC2)c1C(O)O. The Balaban J connectivity index is 1.94. The summed E-state index contributed by atoms with van der Waals surface area (Å²) in [6.07, 6.45) is 0.342. The fraction of sp³-hybridized carbons (Fsp3) is 0.733. The van der Waals surface area contributed by atoms with Gasteiger partial charge in [0.2, 0.25) is 5.92 Å². The van der Waals surface area contributed by atoms with Gasteiger partial charge in [0.05, 0.1) is 11.3 Å². The quantitative estimate of drug-likeness (QED) is 0.838. The molecule has 0 aromatic carbocycles. The topological polar surface area (TPSA) is 69.5 Å². The molecule has 1 aliphatic heterocycles. The Kier molecular flexibility index (Phi) is 4.03. The largest absolute Gasteiger partial charge is 0.364 e. The molecule has 3 rings (SSSR count). The van der Waals surface area contributed by atoms with Crippen LogP contribution < -0.4 is 4.90 Å². The second-order valence-electron chi connectivity index (χ2n) is 6.29. The first kappa shape index (κ1) is 15.6. The van der Waals surface area contributed by atoms with E-state index in [1.807, 2.05) is 0 Å². The van der Waals surface area contributed by atoms with Crippen molar-refractivity contribution in [1.82, 2.24) is 10.2 Å². The fourth-order valence-electron chi connectivity index (χ4n) is 3.10. The molecule has 0 spiro atoms. The monoisotopic (exact) mass is 313 g/mol. The molecule has 0 atom stereocenters. The summed E-state index contributed by atoms with van der Waals surface area (Å²) in [6.45, 7) is 2.36. The van der Waals surface area contributed by atoms with E-state index >= 15 is 0 Å². The molecule has 0 unspecified atom stereocenters. The van der Waals surface area contributed by atoms with Gasteiger partial charge in [-0.1, -0.05) is 0 Å². The summed E-state index contributed by atoms with van der Waals surface area (Å²) in [5.41, 5.74) is 1.83. The van der Waals surface area contributed by atoms with Crippen LogP contribution in [0, 0.1) is 6.92 Å². The Morgan fingerprint density at radius 2 is 1.91 bits per heavy atom. The molecule has 1 saturated heterocycles. The minimum Gasteiger partial charge on any atom is -0.364 e. The van der Waals surface area contributed by atoms with Gasteiger partial charge in [0, 0.05) is 31.8 Å². The zero-order valence-corrected chi connectivity index (χ0v) is 12.6. The average molecular weight is 313 g/mol. The second-order valence-corrected chi connectivity index (χ2v) is 6.29. The molecule has 2 aliphatic rings. The Hall–Kier alpha value is -1.34. The minimum atomic E-state index is -2.66. The van der Waals surface area contributed by atoms with Crippen LogP contribution in [0.15, 0.2) is 0 Å². The number of hydrogen-bond acceptors (Lipinski definition) is 5. The van der Waals surface area contributed by atoms with Crippen LogP contribution in [-0.4, -0.2) is 39.4 Å². The summed E-state index contributed by atoms with van der Waals surface area (Å²) in [5, 5.41) is 27.8. The van der Waals surface area contributed by atoms with E-state index in [9.17, 15) is 19.0 Å². The molecular formula is C15H21F2N3O2. The van der Waals surface area contributed by atoms with Crippen LogP contribution in [0.25, 0.3) is 0 Å². The van der Waals surface area contributed by atoms with E-state index in [0.29, 0.717) is 30.3 Å². The number of rotatable bonds is 3. The smallest absolute Gasteiger partial charge is 0.249 e. The lowest BCUT2D eigenvalue weighted by atomic mass is 10.0. The predicted octanol–water partition coefficient (Wildman–Crippen LogP) is 2.27. The van der Waals surface area contributed by atoms with E-state index < -0.39 is 12.2 Å². The van der Waals surface area contributed by atoms with Gasteiger partial charge < -0.3 is 15.1 Å². The first-order chi connectivity index (χ1) is 10.4. The van der Waals surface area contributed by atoms with E-state index in [0.717, 1.165) is 24.1 Å². The predicted molar refractivity (Wildman–Crippen MR) is 76.9 cm³/mol. The zero-order chi connectivity index (χ0) is 15.9. The Morgan fingerprint density at radius 3 is 2.55 bits per heavy atom. The molecule has 2 fully saturated rings. The number of hydrogen-bond donors (Lipinski definition) is 2. The number of aliphatic hydroxyl groups is 2. The van der Waals surface area contributed by atoms with Crippen molar-refractivity contribution in [2.24, 2.45) is 0 Å². The molecule has 2 N–H and O–H groups in total. The van der Waals surface area contributed by atoms with E-state index in [1.165, 1.54) is 0 Å². The maximum Gasteiger partial charge on any atom is 0.249 e.